The summed E-state index contributed by atoms with van der Waals surface area (Å²) in [6.07, 6.45) is 2.29. The third kappa shape index (κ3) is 4.19. The molecule has 0 aliphatic heterocycles. The van der Waals surface area contributed by atoms with E-state index in [1.165, 1.54) is 6.07 Å². The molecule has 0 aromatic heterocycles. The minimum atomic E-state index is -0.161. The van der Waals surface area contributed by atoms with Crippen LogP contribution < -0.4 is 10.2 Å². The Morgan fingerprint density at radius 2 is 2.12 bits per heavy atom. The van der Waals surface area contributed by atoms with Crippen molar-refractivity contribution in [3.63, 3.8) is 0 Å². The summed E-state index contributed by atoms with van der Waals surface area (Å²) in [5.74, 6) is -0.161. The van der Waals surface area contributed by atoms with Crippen LogP contribution >= 0.6 is 0 Å². The maximum absolute atomic E-state index is 13.1. The van der Waals surface area contributed by atoms with Gasteiger partial charge in [0.25, 0.3) is 0 Å². The summed E-state index contributed by atoms with van der Waals surface area (Å²) in [5.41, 5.74) is 0.979. The summed E-state index contributed by atoms with van der Waals surface area (Å²) in [4.78, 5) is 2.21. The van der Waals surface area contributed by atoms with Gasteiger partial charge in [-0.3, -0.25) is 0 Å². The SMILES string of the molecule is CCN(CCCCNC)c1cccc(F)c1. The summed E-state index contributed by atoms with van der Waals surface area (Å²) in [7, 11) is 1.96. The number of rotatable bonds is 7. The highest BCUT2D eigenvalue weighted by Crippen LogP contribution is 2.15. The Morgan fingerprint density at radius 3 is 2.75 bits per heavy atom. The van der Waals surface area contributed by atoms with Gasteiger partial charge in [-0.25, -0.2) is 4.39 Å². The lowest BCUT2D eigenvalue weighted by atomic mass is 10.2. The van der Waals surface area contributed by atoms with Gasteiger partial charge < -0.3 is 10.2 Å². The first-order valence-corrected chi connectivity index (χ1v) is 5.93. The van der Waals surface area contributed by atoms with Gasteiger partial charge in [0.2, 0.25) is 0 Å². The molecule has 0 fully saturated rings. The minimum absolute atomic E-state index is 0.161. The molecule has 0 saturated carbocycles. The molecular weight excluding hydrogens is 203 g/mol. The summed E-state index contributed by atoms with van der Waals surface area (Å²) in [6.45, 7) is 5.05. The van der Waals surface area contributed by atoms with Crippen LogP contribution in [0, 0.1) is 5.82 Å². The Hall–Kier alpha value is -1.09. The first-order valence-electron chi connectivity index (χ1n) is 5.93. The van der Waals surface area contributed by atoms with Crippen LogP contribution in [0.1, 0.15) is 19.8 Å². The van der Waals surface area contributed by atoms with Crippen molar-refractivity contribution < 1.29 is 4.39 Å². The molecule has 0 aliphatic carbocycles. The molecule has 0 saturated heterocycles. The van der Waals surface area contributed by atoms with Crippen molar-refractivity contribution in [1.82, 2.24) is 5.32 Å². The topological polar surface area (TPSA) is 15.3 Å². The maximum Gasteiger partial charge on any atom is 0.125 e. The molecule has 3 heteroatoms. The molecule has 0 unspecified atom stereocenters. The number of anilines is 1. The van der Waals surface area contributed by atoms with Crippen molar-refractivity contribution in [3.8, 4) is 0 Å². The molecule has 0 spiro atoms. The first-order chi connectivity index (χ1) is 7.77. The van der Waals surface area contributed by atoms with Gasteiger partial charge in [-0.15, -0.1) is 0 Å². The van der Waals surface area contributed by atoms with Gasteiger partial charge in [0.15, 0.2) is 0 Å². The van der Waals surface area contributed by atoms with E-state index in [-0.39, 0.29) is 5.82 Å². The Balaban J connectivity index is 2.47. The molecule has 0 aliphatic rings. The standard InChI is InChI=1S/C13H21FN2/c1-3-16(10-5-4-9-15-2)13-8-6-7-12(14)11-13/h6-8,11,15H,3-5,9-10H2,1-2H3. The van der Waals surface area contributed by atoms with Crippen molar-refractivity contribution in [2.24, 2.45) is 0 Å². The van der Waals surface area contributed by atoms with E-state index in [0.29, 0.717) is 0 Å². The average molecular weight is 224 g/mol. The van der Waals surface area contributed by atoms with Gasteiger partial charge in [0.05, 0.1) is 0 Å². The molecule has 1 rings (SSSR count). The molecule has 0 amide bonds. The van der Waals surface area contributed by atoms with Crippen LogP contribution in [0.5, 0.6) is 0 Å². The average Bonchev–Trinajstić information content (AvgIpc) is 2.29. The second-order valence-electron chi connectivity index (χ2n) is 3.87. The number of unbranched alkanes of at least 4 members (excludes halogenated alkanes) is 1. The van der Waals surface area contributed by atoms with E-state index in [9.17, 15) is 4.39 Å². The van der Waals surface area contributed by atoms with Crippen LogP contribution in [-0.4, -0.2) is 26.7 Å². The summed E-state index contributed by atoms with van der Waals surface area (Å²) >= 11 is 0. The van der Waals surface area contributed by atoms with Crippen molar-refractivity contribution in [1.29, 1.82) is 0 Å². The number of nitrogens with one attached hydrogen (secondary N) is 1. The lowest BCUT2D eigenvalue weighted by Gasteiger charge is -2.23. The Kier molecular flexibility index (Phi) is 5.86. The van der Waals surface area contributed by atoms with Gasteiger partial charge in [-0.05, 0) is 51.6 Å². The molecule has 0 bridgehead atoms. The van der Waals surface area contributed by atoms with E-state index < -0.39 is 0 Å². The van der Waals surface area contributed by atoms with Crippen LogP contribution in [0.2, 0.25) is 0 Å². The maximum atomic E-state index is 13.1. The molecule has 16 heavy (non-hydrogen) atoms. The number of hydrogen-bond donors (Lipinski definition) is 1. The van der Waals surface area contributed by atoms with Crippen LogP contribution in [0.3, 0.4) is 0 Å². The van der Waals surface area contributed by atoms with Crippen molar-refractivity contribution >= 4 is 5.69 Å². The van der Waals surface area contributed by atoms with Gasteiger partial charge in [-0.2, -0.15) is 0 Å². The largest absolute Gasteiger partial charge is 0.372 e. The highest BCUT2D eigenvalue weighted by molar-refractivity contribution is 5.46. The van der Waals surface area contributed by atoms with Crippen molar-refractivity contribution in [2.75, 3.05) is 31.6 Å². The fraction of sp³-hybridized carbons (Fsp3) is 0.538. The lowest BCUT2D eigenvalue weighted by molar-refractivity contribution is 0.624. The predicted octanol–water partition coefficient (Wildman–Crippen LogP) is 2.65. The zero-order valence-electron chi connectivity index (χ0n) is 10.2. The number of hydrogen-bond acceptors (Lipinski definition) is 2. The van der Waals surface area contributed by atoms with Crippen molar-refractivity contribution in [3.05, 3.63) is 30.1 Å². The summed E-state index contributed by atoms with van der Waals surface area (Å²) in [6, 6.07) is 6.81. The molecule has 1 N–H and O–H groups in total. The van der Waals surface area contributed by atoms with Crippen LogP contribution in [0.25, 0.3) is 0 Å². The second kappa shape index (κ2) is 7.23. The Labute approximate surface area is 97.5 Å². The molecule has 90 valence electrons. The highest BCUT2D eigenvalue weighted by atomic mass is 19.1. The monoisotopic (exact) mass is 224 g/mol. The number of halogens is 1. The van der Waals surface area contributed by atoms with Crippen LogP contribution in [-0.2, 0) is 0 Å². The zero-order chi connectivity index (χ0) is 11.8. The van der Waals surface area contributed by atoms with Gasteiger partial charge >= 0.3 is 0 Å². The molecular formula is C13H21FN2. The van der Waals surface area contributed by atoms with E-state index in [2.05, 4.69) is 17.1 Å². The van der Waals surface area contributed by atoms with E-state index >= 15 is 0 Å². The quantitative estimate of drug-likeness (QED) is 0.716. The lowest BCUT2D eigenvalue weighted by Crippen LogP contribution is -2.24. The van der Waals surface area contributed by atoms with Crippen molar-refractivity contribution in [2.45, 2.75) is 19.8 Å². The van der Waals surface area contributed by atoms with Crippen LogP contribution in [0.4, 0.5) is 10.1 Å². The second-order valence-corrected chi connectivity index (χ2v) is 3.87. The van der Waals surface area contributed by atoms with E-state index in [1.807, 2.05) is 13.1 Å². The zero-order valence-corrected chi connectivity index (χ0v) is 10.2. The van der Waals surface area contributed by atoms with Crippen LogP contribution in [0.15, 0.2) is 24.3 Å². The molecule has 0 radical (unpaired) electrons. The third-order valence-electron chi connectivity index (χ3n) is 2.66. The highest BCUT2D eigenvalue weighted by Gasteiger charge is 2.04. The first kappa shape index (κ1) is 13.0. The molecule has 1 aromatic carbocycles. The normalized spacial score (nSPS) is 10.4. The van der Waals surface area contributed by atoms with Gasteiger partial charge in [0, 0.05) is 18.8 Å². The summed E-state index contributed by atoms with van der Waals surface area (Å²) < 4.78 is 13.1. The molecule has 0 heterocycles. The van der Waals surface area contributed by atoms with E-state index in [1.54, 1.807) is 12.1 Å². The fourth-order valence-electron chi connectivity index (χ4n) is 1.75. The number of benzene rings is 1. The fourth-order valence-corrected chi connectivity index (χ4v) is 1.75. The van der Waals surface area contributed by atoms with E-state index in [4.69, 9.17) is 0 Å². The smallest absolute Gasteiger partial charge is 0.125 e. The van der Waals surface area contributed by atoms with Gasteiger partial charge in [0.1, 0.15) is 5.82 Å². The minimum Gasteiger partial charge on any atom is -0.372 e. The van der Waals surface area contributed by atoms with Gasteiger partial charge in [-0.1, -0.05) is 6.07 Å². The predicted molar refractivity (Wildman–Crippen MR) is 67.4 cm³/mol. The number of nitrogens with zero attached hydrogens (tertiary/aromatic N) is 1. The molecule has 1 aromatic rings. The molecule has 2 nitrogen and oxygen atoms in total. The third-order valence-corrected chi connectivity index (χ3v) is 2.66. The Bertz CT molecular complexity index is 302. The summed E-state index contributed by atoms with van der Waals surface area (Å²) in [5, 5.41) is 3.13. The van der Waals surface area contributed by atoms with E-state index in [0.717, 1.165) is 38.2 Å². The molecule has 0 atom stereocenters. The Morgan fingerprint density at radius 1 is 1.31 bits per heavy atom.